The van der Waals surface area contributed by atoms with Gasteiger partial charge in [0.2, 0.25) is 5.88 Å². The van der Waals surface area contributed by atoms with Crippen molar-refractivity contribution in [1.82, 2.24) is 4.98 Å². The normalized spacial score (nSPS) is 10.4. The van der Waals surface area contributed by atoms with Crippen molar-refractivity contribution in [2.75, 3.05) is 14.2 Å². The van der Waals surface area contributed by atoms with Crippen LogP contribution in [-0.4, -0.2) is 25.0 Å². The average Bonchev–Trinajstić information content (AvgIpc) is 2.70. The molecule has 138 valence electrons. The lowest BCUT2D eigenvalue weighted by Gasteiger charge is -2.09. The summed E-state index contributed by atoms with van der Waals surface area (Å²) in [5.74, 6) is 0.651. The molecule has 0 radical (unpaired) electrons. The van der Waals surface area contributed by atoms with E-state index in [1.165, 1.54) is 38.6 Å². The number of halogens is 2. The molecule has 0 aliphatic carbocycles. The van der Waals surface area contributed by atoms with Crippen molar-refractivity contribution >= 4 is 17.4 Å². The van der Waals surface area contributed by atoms with E-state index in [-0.39, 0.29) is 22.4 Å². The van der Waals surface area contributed by atoms with Crippen molar-refractivity contribution in [3.63, 3.8) is 0 Å². The summed E-state index contributed by atoms with van der Waals surface area (Å²) >= 11 is 5.64. The van der Waals surface area contributed by atoms with Crippen LogP contribution in [0.5, 0.6) is 23.1 Å². The highest BCUT2D eigenvalue weighted by Crippen LogP contribution is 2.29. The first-order chi connectivity index (χ1) is 13.0. The second-order valence-electron chi connectivity index (χ2n) is 5.46. The third-order valence-electron chi connectivity index (χ3n) is 3.76. The molecule has 0 N–H and O–H groups in total. The predicted molar refractivity (Wildman–Crippen MR) is 98.7 cm³/mol. The first-order valence-corrected chi connectivity index (χ1v) is 8.25. The van der Waals surface area contributed by atoms with E-state index in [4.69, 9.17) is 25.8 Å². The summed E-state index contributed by atoms with van der Waals surface area (Å²) in [5, 5.41) is 0.00572. The molecular weight excluding hydrogens is 373 g/mol. The Bertz CT molecular complexity index is 976. The number of aromatic nitrogens is 1. The van der Waals surface area contributed by atoms with E-state index in [0.717, 1.165) is 6.07 Å². The van der Waals surface area contributed by atoms with Gasteiger partial charge in [0.25, 0.3) is 0 Å². The highest BCUT2D eigenvalue weighted by Gasteiger charge is 2.14. The molecule has 27 heavy (non-hydrogen) atoms. The van der Waals surface area contributed by atoms with Crippen LogP contribution in [0, 0.1) is 5.82 Å². The molecule has 3 aromatic rings. The standard InChI is InChI=1S/C20H15ClFNO4/c1-25-17-7-3-12(9-18(17)26-2)20(24)13-4-8-19(23-11-13)27-14-5-6-15(21)16(22)10-14/h3-11H,1-2H3. The van der Waals surface area contributed by atoms with E-state index in [1.807, 2.05) is 0 Å². The zero-order chi connectivity index (χ0) is 19.4. The fourth-order valence-electron chi connectivity index (χ4n) is 2.38. The second kappa shape index (κ2) is 8.05. The molecule has 2 aromatic carbocycles. The number of hydrogen-bond donors (Lipinski definition) is 0. The molecular formula is C20H15ClFNO4. The summed E-state index contributed by atoms with van der Waals surface area (Å²) in [6.45, 7) is 0. The van der Waals surface area contributed by atoms with Gasteiger partial charge in [0.15, 0.2) is 17.3 Å². The van der Waals surface area contributed by atoms with Crippen LogP contribution >= 0.6 is 11.6 Å². The van der Waals surface area contributed by atoms with Crippen LogP contribution in [0.4, 0.5) is 4.39 Å². The molecule has 3 rings (SSSR count). The van der Waals surface area contributed by atoms with Crippen molar-refractivity contribution < 1.29 is 23.4 Å². The van der Waals surface area contributed by atoms with Gasteiger partial charge in [0.1, 0.15) is 11.6 Å². The molecule has 0 fully saturated rings. The molecule has 0 atom stereocenters. The fourth-order valence-corrected chi connectivity index (χ4v) is 2.50. The van der Waals surface area contributed by atoms with E-state index in [1.54, 1.807) is 24.3 Å². The minimum Gasteiger partial charge on any atom is -0.493 e. The van der Waals surface area contributed by atoms with Crippen LogP contribution in [0.15, 0.2) is 54.7 Å². The zero-order valence-corrected chi connectivity index (χ0v) is 15.3. The molecule has 0 aliphatic rings. The monoisotopic (exact) mass is 387 g/mol. The van der Waals surface area contributed by atoms with E-state index in [9.17, 15) is 9.18 Å². The molecule has 1 heterocycles. The average molecular weight is 388 g/mol. The number of carbonyl (C=O) groups excluding carboxylic acids is 1. The Kier molecular flexibility index (Phi) is 5.57. The van der Waals surface area contributed by atoms with Crippen molar-refractivity contribution in [2.45, 2.75) is 0 Å². The Balaban J connectivity index is 1.78. The summed E-state index contributed by atoms with van der Waals surface area (Å²) in [6, 6.07) is 12.1. The number of methoxy groups -OCH3 is 2. The number of ether oxygens (including phenoxy) is 3. The highest BCUT2D eigenvalue weighted by molar-refractivity contribution is 6.30. The topological polar surface area (TPSA) is 57.7 Å². The first kappa shape index (κ1) is 18.7. The lowest BCUT2D eigenvalue weighted by atomic mass is 10.0. The fraction of sp³-hybridized carbons (Fsp3) is 0.100. The lowest BCUT2D eigenvalue weighted by molar-refractivity contribution is 0.103. The molecule has 0 saturated carbocycles. The Morgan fingerprint density at radius 2 is 1.70 bits per heavy atom. The van der Waals surface area contributed by atoms with Crippen LogP contribution in [0.25, 0.3) is 0 Å². The van der Waals surface area contributed by atoms with Gasteiger partial charge >= 0.3 is 0 Å². The number of nitrogens with zero attached hydrogens (tertiary/aromatic N) is 1. The summed E-state index contributed by atoms with van der Waals surface area (Å²) in [7, 11) is 3.02. The van der Waals surface area contributed by atoms with E-state index < -0.39 is 5.82 Å². The van der Waals surface area contributed by atoms with E-state index >= 15 is 0 Å². The van der Waals surface area contributed by atoms with Gasteiger partial charge in [0.05, 0.1) is 19.2 Å². The SMILES string of the molecule is COc1ccc(C(=O)c2ccc(Oc3ccc(Cl)c(F)c3)nc2)cc1OC. The molecule has 7 heteroatoms. The van der Waals surface area contributed by atoms with Gasteiger partial charge in [-0.15, -0.1) is 0 Å². The number of hydrogen-bond acceptors (Lipinski definition) is 5. The molecule has 0 spiro atoms. The van der Waals surface area contributed by atoms with Gasteiger partial charge < -0.3 is 14.2 Å². The van der Waals surface area contributed by atoms with Gasteiger partial charge in [-0.1, -0.05) is 11.6 Å². The molecule has 0 saturated heterocycles. The Morgan fingerprint density at radius 3 is 2.33 bits per heavy atom. The van der Waals surface area contributed by atoms with Crippen LogP contribution in [-0.2, 0) is 0 Å². The number of pyridine rings is 1. The van der Waals surface area contributed by atoms with Gasteiger partial charge in [-0.25, -0.2) is 9.37 Å². The zero-order valence-electron chi connectivity index (χ0n) is 14.5. The Morgan fingerprint density at radius 1 is 0.963 bits per heavy atom. The number of benzene rings is 2. The largest absolute Gasteiger partial charge is 0.493 e. The number of rotatable bonds is 6. The lowest BCUT2D eigenvalue weighted by Crippen LogP contribution is -2.03. The van der Waals surface area contributed by atoms with Crippen LogP contribution in [0.1, 0.15) is 15.9 Å². The minimum atomic E-state index is -0.589. The van der Waals surface area contributed by atoms with Crippen molar-refractivity contribution in [1.29, 1.82) is 0 Å². The number of carbonyl (C=O) groups is 1. The van der Waals surface area contributed by atoms with Crippen molar-refractivity contribution in [3.05, 3.63) is 76.7 Å². The molecule has 1 aromatic heterocycles. The summed E-state index contributed by atoms with van der Waals surface area (Å²) in [4.78, 5) is 16.7. The summed E-state index contributed by atoms with van der Waals surface area (Å²) in [6.07, 6.45) is 1.39. The molecule has 0 amide bonds. The highest BCUT2D eigenvalue weighted by atomic mass is 35.5. The van der Waals surface area contributed by atoms with Gasteiger partial charge in [0, 0.05) is 29.5 Å². The number of ketones is 1. The van der Waals surface area contributed by atoms with Gasteiger partial charge in [-0.3, -0.25) is 4.79 Å². The van der Waals surface area contributed by atoms with Gasteiger partial charge in [-0.2, -0.15) is 0 Å². The van der Waals surface area contributed by atoms with E-state index in [0.29, 0.717) is 22.6 Å². The van der Waals surface area contributed by atoms with Crippen LogP contribution in [0.3, 0.4) is 0 Å². The minimum absolute atomic E-state index is 0.00572. The van der Waals surface area contributed by atoms with Crippen LogP contribution < -0.4 is 14.2 Å². The maximum Gasteiger partial charge on any atom is 0.219 e. The molecule has 0 unspecified atom stereocenters. The third kappa shape index (κ3) is 4.17. The Hall–Kier alpha value is -3.12. The Labute approximate surface area is 160 Å². The summed E-state index contributed by atoms with van der Waals surface area (Å²) in [5.41, 5.74) is 0.805. The van der Waals surface area contributed by atoms with Gasteiger partial charge in [-0.05, 0) is 36.4 Å². The third-order valence-corrected chi connectivity index (χ3v) is 4.06. The van der Waals surface area contributed by atoms with Crippen LogP contribution in [0.2, 0.25) is 5.02 Å². The molecule has 5 nitrogen and oxygen atoms in total. The quantitative estimate of drug-likeness (QED) is 0.562. The maximum atomic E-state index is 13.5. The smallest absolute Gasteiger partial charge is 0.219 e. The first-order valence-electron chi connectivity index (χ1n) is 7.87. The molecule has 0 bridgehead atoms. The molecule has 0 aliphatic heterocycles. The van der Waals surface area contributed by atoms with Crippen molar-refractivity contribution in [2.24, 2.45) is 0 Å². The predicted octanol–water partition coefficient (Wildman–Crippen LogP) is 4.91. The van der Waals surface area contributed by atoms with E-state index in [2.05, 4.69) is 4.98 Å². The maximum absolute atomic E-state index is 13.5. The van der Waals surface area contributed by atoms with Crippen molar-refractivity contribution in [3.8, 4) is 23.1 Å². The summed E-state index contributed by atoms with van der Waals surface area (Å²) < 4.78 is 29.3. The second-order valence-corrected chi connectivity index (χ2v) is 5.87.